The van der Waals surface area contributed by atoms with Crippen LogP contribution in [0.15, 0.2) is 0 Å². The molecule has 0 N–H and O–H groups in total. The van der Waals surface area contributed by atoms with Gasteiger partial charge in [-0.25, -0.2) is 0 Å². The average Bonchev–Trinajstić information content (AvgIpc) is 2.61. The molecule has 1 heteroatoms. The van der Waals surface area contributed by atoms with Crippen molar-refractivity contribution in [3.8, 4) is 0 Å². The third-order valence-electron chi connectivity index (χ3n) is 3.04. The summed E-state index contributed by atoms with van der Waals surface area (Å²) in [4.78, 5) is 2.38. The second-order valence-corrected chi connectivity index (χ2v) is 5.04. The Labute approximate surface area is 77.1 Å². The predicted octanol–water partition coefficient (Wildman–Crippen LogP) is 2.62. The van der Waals surface area contributed by atoms with E-state index in [0.29, 0.717) is 0 Å². The van der Waals surface area contributed by atoms with E-state index in [1.54, 1.807) is 0 Å². The van der Waals surface area contributed by atoms with Gasteiger partial charge in [-0.3, -0.25) is 0 Å². The van der Waals surface area contributed by atoms with Crippen LogP contribution in [0.4, 0.5) is 0 Å². The second kappa shape index (κ2) is 3.78. The van der Waals surface area contributed by atoms with E-state index in [1.807, 2.05) is 0 Å². The summed E-state index contributed by atoms with van der Waals surface area (Å²) in [6.45, 7) is 7.06. The fourth-order valence-corrected chi connectivity index (χ4v) is 2.32. The van der Waals surface area contributed by atoms with Crippen LogP contribution in [0.2, 0.25) is 0 Å². The zero-order chi connectivity index (χ0) is 9.30. The highest BCUT2D eigenvalue weighted by molar-refractivity contribution is 4.95. The van der Waals surface area contributed by atoms with Gasteiger partial charge in [-0.2, -0.15) is 0 Å². The largest absolute Gasteiger partial charge is 0.306 e. The van der Waals surface area contributed by atoms with Crippen molar-refractivity contribution in [2.75, 3.05) is 14.1 Å². The molecule has 0 saturated heterocycles. The van der Waals surface area contributed by atoms with E-state index in [9.17, 15) is 0 Å². The van der Waals surface area contributed by atoms with Crippen LogP contribution in [0.5, 0.6) is 0 Å². The second-order valence-electron chi connectivity index (χ2n) is 5.04. The molecule has 0 bridgehead atoms. The predicted molar refractivity (Wildman–Crippen MR) is 54.2 cm³/mol. The summed E-state index contributed by atoms with van der Waals surface area (Å²) in [5, 5.41) is 0. The monoisotopic (exact) mass is 169 g/mol. The molecule has 1 fully saturated rings. The van der Waals surface area contributed by atoms with Gasteiger partial charge in [0.15, 0.2) is 0 Å². The minimum absolute atomic E-state index is 0.864. The van der Waals surface area contributed by atoms with Gasteiger partial charge in [0.05, 0.1) is 0 Å². The van der Waals surface area contributed by atoms with E-state index in [4.69, 9.17) is 0 Å². The SMILES string of the molecule is CC(C)CC(C)C1CC1N(C)C. The molecule has 1 rings (SSSR count). The van der Waals surface area contributed by atoms with Gasteiger partial charge in [-0.05, 0) is 44.7 Å². The van der Waals surface area contributed by atoms with Crippen molar-refractivity contribution in [1.82, 2.24) is 4.90 Å². The van der Waals surface area contributed by atoms with Crippen molar-refractivity contribution < 1.29 is 0 Å². The quantitative estimate of drug-likeness (QED) is 0.625. The number of hydrogen-bond acceptors (Lipinski definition) is 1. The number of rotatable bonds is 4. The highest BCUT2D eigenvalue weighted by atomic mass is 15.1. The molecule has 1 nitrogen and oxygen atoms in total. The Morgan fingerprint density at radius 2 is 1.83 bits per heavy atom. The maximum atomic E-state index is 2.41. The first-order valence-corrected chi connectivity index (χ1v) is 5.18. The van der Waals surface area contributed by atoms with E-state index in [0.717, 1.165) is 23.8 Å². The lowest BCUT2D eigenvalue weighted by Crippen LogP contribution is -2.18. The summed E-state index contributed by atoms with van der Waals surface area (Å²) in [6.07, 6.45) is 2.83. The molecule has 3 atom stereocenters. The molecule has 0 spiro atoms. The third kappa shape index (κ3) is 2.48. The molecule has 0 aromatic carbocycles. The van der Waals surface area contributed by atoms with Crippen LogP contribution in [0.3, 0.4) is 0 Å². The zero-order valence-corrected chi connectivity index (χ0v) is 9.17. The molecule has 0 amide bonds. The van der Waals surface area contributed by atoms with Crippen LogP contribution in [0, 0.1) is 17.8 Å². The van der Waals surface area contributed by atoms with E-state index < -0.39 is 0 Å². The summed E-state index contributed by atoms with van der Waals surface area (Å²) in [5.74, 6) is 2.78. The summed E-state index contributed by atoms with van der Waals surface area (Å²) in [7, 11) is 4.40. The van der Waals surface area contributed by atoms with Crippen molar-refractivity contribution in [3.63, 3.8) is 0 Å². The normalized spacial score (nSPS) is 31.2. The van der Waals surface area contributed by atoms with Gasteiger partial charge < -0.3 is 4.90 Å². The number of nitrogens with zero attached hydrogens (tertiary/aromatic N) is 1. The van der Waals surface area contributed by atoms with E-state index >= 15 is 0 Å². The molecule has 1 saturated carbocycles. The summed E-state index contributed by atoms with van der Waals surface area (Å²) < 4.78 is 0. The maximum Gasteiger partial charge on any atom is 0.0124 e. The Hall–Kier alpha value is -0.0400. The van der Waals surface area contributed by atoms with Crippen LogP contribution in [-0.2, 0) is 0 Å². The summed E-state index contributed by atoms with van der Waals surface area (Å²) >= 11 is 0. The van der Waals surface area contributed by atoms with Crippen molar-refractivity contribution in [1.29, 1.82) is 0 Å². The minimum Gasteiger partial charge on any atom is -0.306 e. The summed E-state index contributed by atoms with van der Waals surface area (Å²) in [5.41, 5.74) is 0. The standard InChI is InChI=1S/C11H23N/c1-8(2)6-9(3)10-7-11(10)12(4)5/h8-11H,6-7H2,1-5H3. The molecule has 0 aromatic heterocycles. The third-order valence-corrected chi connectivity index (χ3v) is 3.04. The van der Waals surface area contributed by atoms with Gasteiger partial charge in [-0.1, -0.05) is 20.8 Å². The van der Waals surface area contributed by atoms with E-state index in [1.165, 1.54) is 12.8 Å². The molecule has 1 aliphatic rings. The lowest BCUT2D eigenvalue weighted by molar-refractivity contribution is 0.320. The van der Waals surface area contributed by atoms with Crippen LogP contribution in [-0.4, -0.2) is 25.0 Å². The van der Waals surface area contributed by atoms with Crippen molar-refractivity contribution in [2.24, 2.45) is 17.8 Å². The molecule has 12 heavy (non-hydrogen) atoms. The Balaban J connectivity index is 2.23. The molecule has 0 aliphatic heterocycles. The first-order valence-electron chi connectivity index (χ1n) is 5.18. The molecular weight excluding hydrogens is 146 g/mol. The smallest absolute Gasteiger partial charge is 0.0124 e. The highest BCUT2D eigenvalue weighted by Crippen LogP contribution is 2.42. The zero-order valence-electron chi connectivity index (χ0n) is 9.17. The van der Waals surface area contributed by atoms with Gasteiger partial charge in [0.2, 0.25) is 0 Å². The van der Waals surface area contributed by atoms with Crippen LogP contribution in [0.1, 0.15) is 33.6 Å². The van der Waals surface area contributed by atoms with Gasteiger partial charge in [0, 0.05) is 6.04 Å². The fourth-order valence-electron chi connectivity index (χ4n) is 2.32. The van der Waals surface area contributed by atoms with Crippen molar-refractivity contribution >= 4 is 0 Å². The highest BCUT2D eigenvalue weighted by Gasteiger charge is 2.42. The average molecular weight is 169 g/mol. The molecular formula is C11H23N. The fraction of sp³-hybridized carbons (Fsp3) is 1.00. The molecule has 0 heterocycles. The lowest BCUT2D eigenvalue weighted by Gasteiger charge is -2.15. The minimum atomic E-state index is 0.864. The molecule has 3 unspecified atom stereocenters. The van der Waals surface area contributed by atoms with Gasteiger partial charge in [-0.15, -0.1) is 0 Å². The first-order chi connectivity index (χ1) is 5.52. The van der Waals surface area contributed by atoms with Crippen LogP contribution >= 0.6 is 0 Å². The number of hydrogen-bond donors (Lipinski definition) is 0. The topological polar surface area (TPSA) is 3.24 Å². The lowest BCUT2D eigenvalue weighted by atomic mass is 9.94. The molecule has 1 aliphatic carbocycles. The Bertz CT molecular complexity index is 140. The molecule has 0 aromatic rings. The van der Waals surface area contributed by atoms with E-state index in [2.05, 4.69) is 39.8 Å². The maximum absolute atomic E-state index is 2.41. The Kier molecular flexibility index (Phi) is 3.16. The molecule has 72 valence electrons. The van der Waals surface area contributed by atoms with Gasteiger partial charge in [0.1, 0.15) is 0 Å². The van der Waals surface area contributed by atoms with Gasteiger partial charge in [0.25, 0.3) is 0 Å². The first kappa shape index (κ1) is 10.0. The van der Waals surface area contributed by atoms with Crippen molar-refractivity contribution in [3.05, 3.63) is 0 Å². The van der Waals surface area contributed by atoms with E-state index in [-0.39, 0.29) is 0 Å². The van der Waals surface area contributed by atoms with Crippen LogP contribution in [0.25, 0.3) is 0 Å². The Morgan fingerprint density at radius 1 is 1.25 bits per heavy atom. The summed E-state index contributed by atoms with van der Waals surface area (Å²) in [6, 6.07) is 0.888. The molecule has 0 radical (unpaired) electrons. The van der Waals surface area contributed by atoms with Crippen LogP contribution < -0.4 is 0 Å². The van der Waals surface area contributed by atoms with Crippen molar-refractivity contribution in [2.45, 2.75) is 39.7 Å². The Morgan fingerprint density at radius 3 is 2.17 bits per heavy atom. The van der Waals surface area contributed by atoms with Gasteiger partial charge >= 0.3 is 0 Å².